The van der Waals surface area contributed by atoms with Gasteiger partial charge in [-0.2, -0.15) is 0 Å². The summed E-state index contributed by atoms with van der Waals surface area (Å²) < 4.78 is 21.6. The average Bonchev–Trinajstić information content (AvgIpc) is 3.11. The first-order valence-electron chi connectivity index (χ1n) is 8.79. The van der Waals surface area contributed by atoms with Gasteiger partial charge in [-0.15, -0.1) is 0 Å². The Hall–Kier alpha value is -3.36. The van der Waals surface area contributed by atoms with Gasteiger partial charge in [-0.3, -0.25) is 4.79 Å². The first-order chi connectivity index (χ1) is 14.0. The van der Waals surface area contributed by atoms with Gasteiger partial charge in [0.1, 0.15) is 0 Å². The van der Waals surface area contributed by atoms with Crippen LogP contribution in [-0.4, -0.2) is 55.6 Å². The summed E-state index contributed by atoms with van der Waals surface area (Å²) in [5.74, 6) is -2.15. The summed E-state index contributed by atoms with van der Waals surface area (Å²) in [6, 6.07) is 16.4. The van der Waals surface area contributed by atoms with Gasteiger partial charge in [-0.1, -0.05) is 36.4 Å². The van der Waals surface area contributed by atoms with E-state index in [-0.39, 0.29) is 11.1 Å². The molecule has 1 fully saturated rings. The second-order valence-electron chi connectivity index (χ2n) is 6.18. The molecule has 1 aliphatic heterocycles. The van der Waals surface area contributed by atoms with E-state index in [1.807, 2.05) is 0 Å². The van der Waals surface area contributed by atoms with E-state index < -0.39 is 42.3 Å². The number of esters is 2. The predicted octanol–water partition coefficient (Wildman–Crippen LogP) is 2.03. The van der Waals surface area contributed by atoms with Crippen LogP contribution in [0.4, 0.5) is 0 Å². The number of ether oxygens (including phenoxy) is 4. The Morgan fingerprint density at radius 1 is 0.862 bits per heavy atom. The van der Waals surface area contributed by atoms with Crippen LogP contribution >= 0.6 is 0 Å². The van der Waals surface area contributed by atoms with Gasteiger partial charge < -0.3 is 24.4 Å². The van der Waals surface area contributed by atoms with Gasteiger partial charge in [-0.05, 0) is 24.3 Å². The number of methoxy groups -OCH3 is 1. The number of benzene rings is 2. The van der Waals surface area contributed by atoms with Crippen molar-refractivity contribution in [1.29, 1.82) is 5.41 Å². The van der Waals surface area contributed by atoms with Gasteiger partial charge in [-0.25, -0.2) is 9.59 Å². The lowest BCUT2D eigenvalue weighted by Gasteiger charge is -2.23. The summed E-state index contributed by atoms with van der Waals surface area (Å²) in [5.41, 5.74) is 0.528. The molecule has 8 nitrogen and oxygen atoms in total. The summed E-state index contributed by atoms with van der Waals surface area (Å²) in [6.07, 6.45) is -4.41. The van der Waals surface area contributed by atoms with Gasteiger partial charge in [0.25, 0.3) is 0 Å². The molecule has 0 spiro atoms. The number of hydrogen-bond acceptors (Lipinski definition) is 8. The van der Waals surface area contributed by atoms with E-state index in [1.54, 1.807) is 60.7 Å². The fraction of sp³-hybridized carbons (Fsp3) is 0.238. The van der Waals surface area contributed by atoms with Crippen molar-refractivity contribution in [3.8, 4) is 0 Å². The molecule has 0 aliphatic carbocycles. The molecule has 0 bridgehead atoms. The van der Waals surface area contributed by atoms with Gasteiger partial charge in [0, 0.05) is 7.11 Å². The quantitative estimate of drug-likeness (QED) is 0.562. The molecule has 0 amide bonds. The third-order valence-electron chi connectivity index (χ3n) is 4.33. The highest BCUT2D eigenvalue weighted by molar-refractivity contribution is 6.28. The fourth-order valence-corrected chi connectivity index (χ4v) is 2.91. The Balaban J connectivity index is 1.87. The number of nitrogens with one attached hydrogen (secondary N) is 1. The maximum atomic E-state index is 12.5. The second-order valence-corrected chi connectivity index (χ2v) is 6.18. The summed E-state index contributed by atoms with van der Waals surface area (Å²) in [6.45, 7) is 0. The lowest BCUT2D eigenvalue weighted by atomic mass is 10.1. The normalized spacial score (nSPS) is 23.2. The van der Waals surface area contributed by atoms with Crippen molar-refractivity contribution in [3.05, 3.63) is 71.8 Å². The average molecular weight is 397 g/mol. The molecule has 3 rings (SSSR count). The lowest BCUT2D eigenvalue weighted by Crippen LogP contribution is -2.43. The van der Waals surface area contributed by atoms with E-state index in [2.05, 4.69) is 0 Å². The maximum absolute atomic E-state index is 12.5. The van der Waals surface area contributed by atoms with Gasteiger partial charge in [0.15, 0.2) is 24.6 Å². The third kappa shape index (κ3) is 4.56. The number of ketones is 1. The number of Topliss-reactive ketones (excluding diaryl/α,β-unsaturated/α-hetero) is 1. The minimum Gasteiger partial charge on any atom is -0.451 e. The van der Waals surface area contributed by atoms with E-state index in [0.717, 1.165) is 0 Å². The Kier molecular flexibility index (Phi) is 6.48. The Bertz CT molecular complexity index is 884. The van der Waals surface area contributed by atoms with Crippen molar-refractivity contribution in [1.82, 2.24) is 0 Å². The van der Waals surface area contributed by atoms with E-state index in [9.17, 15) is 14.4 Å². The molecule has 0 radical (unpaired) electrons. The topological polar surface area (TPSA) is 112 Å². The zero-order valence-electron chi connectivity index (χ0n) is 15.5. The van der Waals surface area contributed by atoms with Crippen molar-refractivity contribution in [2.75, 3.05) is 7.11 Å². The molecular weight excluding hydrogens is 378 g/mol. The van der Waals surface area contributed by atoms with E-state index in [1.165, 1.54) is 7.11 Å². The van der Waals surface area contributed by atoms with Crippen molar-refractivity contribution >= 4 is 23.9 Å². The number of rotatable bonds is 7. The van der Waals surface area contributed by atoms with E-state index >= 15 is 0 Å². The highest BCUT2D eigenvalue weighted by Crippen LogP contribution is 2.29. The van der Waals surface area contributed by atoms with E-state index in [0.29, 0.717) is 6.21 Å². The molecule has 2 aromatic carbocycles. The molecular formula is C21H19NO7. The molecule has 2 aromatic rings. The first kappa shape index (κ1) is 20.4. The van der Waals surface area contributed by atoms with Crippen LogP contribution in [-0.2, 0) is 23.7 Å². The molecule has 0 saturated carbocycles. The summed E-state index contributed by atoms with van der Waals surface area (Å²) in [7, 11) is 1.31. The van der Waals surface area contributed by atoms with Crippen LogP contribution in [0, 0.1) is 5.41 Å². The standard InChI is InChI=1S/C21H19NO7/c1-26-21-18(28-20(25)14-10-6-3-7-11-14)17(16(29-21)15(23)12-22)27-19(24)13-8-4-2-5-9-13/h2-12,16-18,21-22H,1H3/t16-,17-,18-,21+/m1/s1. The van der Waals surface area contributed by atoms with Gasteiger partial charge in [0.2, 0.25) is 5.78 Å². The highest BCUT2D eigenvalue weighted by Gasteiger charge is 2.52. The van der Waals surface area contributed by atoms with Crippen LogP contribution in [0.3, 0.4) is 0 Å². The highest BCUT2D eigenvalue weighted by atomic mass is 16.7. The second kappa shape index (κ2) is 9.22. The summed E-state index contributed by atoms with van der Waals surface area (Å²) in [5, 5.41) is 7.23. The fourth-order valence-electron chi connectivity index (χ4n) is 2.91. The van der Waals surface area contributed by atoms with Crippen molar-refractivity contribution in [2.24, 2.45) is 0 Å². The van der Waals surface area contributed by atoms with Gasteiger partial charge >= 0.3 is 11.9 Å². The monoisotopic (exact) mass is 397 g/mol. The molecule has 8 heteroatoms. The van der Waals surface area contributed by atoms with Crippen LogP contribution in [0.1, 0.15) is 20.7 Å². The SMILES string of the molecule is CO[C@H]1O[C@H](C(=O)C=N)[C@@H](OC(=O)c2ccccc2)[C@H]1OC(=O)c1ccccc1. The van der Waals surface area contributed by atoms with Gasteiger partial charge in [0.05, 0.1) is 17.3 Å². The molecule has 150 valence electrons. The lowest BCUT2D eigenvalue weighted by molar-refractivity contribution is -0.156. The molecule has 29 heavy (non-hydrogen) atoms. The number of carbonyl (C=O) groups is 3. The largest absolute Gasteiger partial charge is 0.451 e. The molecule has 1 aliphatic rings. The minimum absolute atomic E-state index is 0.252. The smallest absolute Gasteiger partial charge is 0.338 e. The zero-order chi connectivity index (χ0) is 20.8. The molecule has 1 saturated heterocycles. The summed E-state index contributed by atoms with van der Waals surface area (Å²) >= 11 is 0. The minimum atomic E-state index is -1.33. The van der Waals surface area contributed by atoms with Crippen LogP contribution in [0.15, 0.2) is 60.7 Å². The maximum Gasteiger partial charge on any atom is 0.338 e. The molecule has 0 aromatic heterocycles. The number of hydrogen-bond donors (Lipinski definition) is 1. The van der Waals surface area contributed by atoms with Crippen molar-refractivity contribution in [2.45, 2.75) is 24.6 Å². The van der Waals surface area contributed by atoms with E-state index in [4.69, 9.17) is 24.4 Å². The Morgan fingerprint density at radius 3 is 1.79 bits per heavy atom. The molecule has 1 heterocycles. The first-order valence-corrected chi connectivity index (χ1v) is 8.79. The Labute approximate surface area is 166 Å². The molecule has 4 atom stereocenters. The predicted molar refractivity (Wildman–Crippen MR) is 101 cm³/mol. The summed E-state index contributed by atoms with van der Waals surface area (Å²) in [4.78, 5) is 37.2. The number of carbonyl (C=O) groups excluding carboxylic acids is 3. The van der Waals surface area contributed by atoms with Crippen molar-refractivity contribution in [3.63, 3.8) is 0 Å². The molecule has 0 unspecified atom stereocenters. The zero-order valence-corrected chi connectivity index (χ0v) is 15.5. The van der Waals surface area contributed by atoms with Crippen LogP contribution in [0.2, 0.25) is 0 Å². The van der Waals surface area contributed by atoms with Crippen LogP contribution < -0.4 is 0 Å². The van der Waals surface area contributed by atoms with Crippen LogP contribution in [0.25, 0.3) is 0 Å². The third-order valence-corrected chi connectivity index (χ3v) is 4.33. The van der Waals surface area contributed by atoms with Crippen LogP contribution in [0.5, 0.6) is 0 Å². The Morgan fingerprint density at radius 2 is 1.34 bits per heavy atom. The molecule has 1 N–H and O–H groups in total. The van der Waals surface area contributed by atoms with Crippen molar-refractivity contribution < 1.29 is 33.3 Å².